The Morgan fingerprint density at radius 3 is 1.00 bits per heavy atom. The summed E-state index contributed by atoms with van der Waals surface area (Å²) in [5.74, 6) is -1.62. The summed E-state index contributed by atoms with van der Waals surface area (Å²) in [6.45, 7) is 10.8. The van der Waals surface area contributed by atoms with Gasteiger partial charge in [-0.3, -0.25) is 33.6 Å². The second-order valence-corrected chi connectivity index (χ2v) is 28.4. The van der Waals surface area contributed by atoms with Gasteiger partial charge in [0.05, 0.1) is 32.5 Å². The first-order valence-electron chi connectivity index (χ1n) is 39.5. The Morgan fingerprint density at radius 2 is 0.674 bits per heavy atom. The number of carboxylic acids is 3. The summed E-state index contributed by atoms with van der Waals surface area (Å²) in [6, 6.07) is 79.1. The average molecular weight is 1810 g/mol. The quantitative estimate of drug-likeness (QED) is 0.0168. The van der Waals surface area contributed by atoms with Crippen molar-refractivity contribution in [2.75, 3.05) is 13.2 Å². The first kappa shape index (κ1) is 102. The van der Waals surface area contributed by atoms with E-state index in [0.29, 0.717) is 67.3 Å². The van der Waals surface area contributed by atoms with E-state index in [2.05, 4.69) is 21.3 Å². The largest absolute Gasteiger partial charge is 1.00 e. The van der Waals surface area contributed by atoms with Crippen molar-refractivity contribution in [3.63, 3.8) is 0 Å². The predicted molar refractivity (Wildman–Crippen MR) is 474 cm³/mol. The average Bonchev–Trinajstić information content (AvgIpc) is 1.65. The minimum absolute atomic E-state index is 0. The maximum absolute atomic E-state index is 13.5. The normalized spacial score (nSPS) is 10.3. The van der Waals surface area contributed by atoms with Crippen LogP contribution < -0.4 is 54.0 Å². The number of aromatic nitrogens is 3. The number of phenols is 2. The monoisotopic (exact) mass is 1810 g/mol. The van der Waals surface area contributed by atoms with Crippen molar-refractivity contribution in [3.8, 4) is 79.4 Å². The molecular weight excluding hydrogens is 1720 g/mol. The van der Waals surface area contributed by atoms with Crippen molar-refractivity contribution in [2.45, 2.75) is 80.4 Å². The third-order valence-corrected chi connectivity index (χ3v) is 18.6. The third kappa shape index (κ3) is 31.5. The molecule has 3 aromatic heterocycles. The fourth-order valence-corrected chi connectivity index (χ4v) is 13.4. The summed E-state index contributed by atoms with van der Waals surface area (Å²) in [7, 11) is -1.59. The van der Waals surface area contributed by atoms with Crippen LogP contribution in [-0.2, 0) is 99.0 Å². The number of ether oxygens (including phenoxy) is 6. The first-order valence-corrected chi connectivity index (χ1v) is 39.5. The number of carbonyl (C=O) groups excluding carboxylic acids is 4. The Kier molecular flexibility index (Phi) is 39.4. The Balaban J connectivity index is 0.000000239. The van der Waals surface area contributed by atoms with Gasteiger partial charge < -0.3 is 83.2 Å². The zero-order valence-electron chi connectivity index (χ0n) is 71.1. The summed E-state index contributed by atoms with van der Waals surface area (Å²) in [6.07, 6.45) is 6.12. The minimum Gasteiger partial charge on any atom is -0.870 e. The summed E-state index contributed by atoms with van der Waals surface area (Å²) >= 11 is 0. The van der Waals surface area contributed by atoms with Gasteiger partial charge in [0, 0.05) is 128 Å². The van der Waals surface area contributed by atoms with Crippen LogP contribution in [0.3, 0.4) is 0 Å². The van der Waals surface area contributed by atoms with Crippen molar-refractivity contribution >= 4 is 87.1 Å². The van der Waals surface area contributed by atoms with Gasteiger partial charge >= 0.3 is 66.5 Å². The molecule has 0 saturated heterocycles. The van der Waals surface area contributed by atoms with Gasteiger partial charge in [-0.05, 0) is 213 Å². The Bertz CT molecular complexity index is 6330. The fraction of sp³-hybridized carbons (Fsp3) is 0.141. The SMILES string of the molecule is CC(=O)O.CC(=O)O.CCOC(=O)Cc1cn(Cc2ccc(O)cc2)c2cc(-c3cccc(OC(C)=O)c3)ccc12.CCOC(=O)Cc1cn(Cc2ccc(Oc3cccc(F)c3)cc2)c2cc(-c3cccc(OC(C)=O)c3)ccc12.O=C(O)Cc1cn(Cc2ccc(Oc3cccc(F)c3)cc2)c2cc(-c3cccc(O)c3)ccc12.OB(O)c1cccc(F)c1.[Cu].[Na+].[OH-]. The summed E-state index contributed by atoms with van der Waals surface area (Å²) in [5, 5.41) is 63.6. The van der Waals surface area contributed by atoms with Crippen molar-refractivity contribution < 1.29 is 163 Å². The van der Waals surface area contributed by atoms with Crippen LogP contribution in [-0.4, -0.2) is 117 Å². The molecule has 12 aromatic carbocycles. The van der Waals surface area contributed by atoms with Gasteiger partial charge in [0.2, 0.25) is 0 Å². The molecular formula is C99H90BCuF3N3NaO21. The molecule has 8 N–H and O–H groups in total. The number of aliphatic carboxylic acids is 3. The summed E-state index contributed by atoms with van der Waals surface area (Å²) < 4.78 is 77.8. The first-order chi connectivity index (χ1) is 60.4. The zero-order valence-corrected chi connectivity index (χ0v) is 74.1. The van der Waals surface area contributed by atoms with Crippen LogP contribution in [0.1, 0.15) is 74.9 Å². The van der Waals surface area contributed by atoms with E-state index in [9.17, 15) is 52.5 Å². The molecule has 3 heterocycles. The van der Waals surface area contributed by atoms with Gasteiger partial charge in [0.1, 0.15) is 63.4 Å². The van der Waals surface area contributed by atoms with E-state index in [1.807, 2.05) is 169 Å². The minimum atomic E-state index is -1.59. The topological polar surface area (TPSA) is 361 Å². The molecule has 0 bridgehead atoms. The molecule has 0 aliphatic carbocycles. The Hall–Kier alpha value is -14.0. The van der Waals surface area contributed by atoms with E-state index >= 15 is 0 Å². The van der Waals surface area contributed by atoms with Crippen LogP contribution in [0.25, 0.3) is 66.1 Å². The van der Waals surface area contributed by atoms with Gasteiger partial charge in [-0.15, -0.1) is 0 Å². The van der Waals surface area contributed by atoms with E-state index in [0.717, 1.165) is 119 Å². The van der Waals surface area contributed by atoms with E-state index in [1.165, 1.54) is 56.3 Å². The Labute approximate surface area is 773 Å². The van der Waals surface area contributed by atoms with Gasteiger partial charge in [0.15, 0.2) is 0 Å². The molecule has 15 rings (SSSR count). The standard InChI is InChI=1S/C33H28FNO5.C29H22FNO4.C27H25NO5.C6H6BFO2.2C2H4O2.Cu.Na.H2O/c1-3-38-33(37)18-26-21-35(20-23-10-13-28(14-11-23)40-30-9-5-7-27(34)19-30)32-17-25(12-15-31(26)32)24-6-4-8-29(16-24)39-22(2)36;30-23-4-2-6-26(16-23)35-25-10-7-19(8-11-25)17-31-18-22(15-29(33)34)27-12-9-21(14-28(27)31)20-3-1-5-24(32)13-20;1-3-32-27(31)15-22-17-28(16-19-7-10-23(30)11-8-19)26-14-21(9-12-25(22)26)20-5-4-6-24(13-20)33-18(2)29;8-6-3-1-2-5(4-6)7(9)10;2*1-2(3)4;;;/h4-17,19,21H,3,18,20H2,1-2H3;1-14,16,18,32H,15,17H2,(H,33,34);4-14,17,30H,3,15-16H2,1-2H3;1-4,9-10H;2*1H3,(H,3,4);;;1H2/q;;;;;;;+1;/p-1. The maximum Gasteiger partial charge on any atom is 1.00 e. The van der Waals surface area contributed by atoms with Crippen molar-refractivity contribution in [1.29, 1.82) is 0 Å². The fourth-order valence-electron chi connectivity index (χ4n) is 13.4. The molecule has 30 heteroatoms. The number of nitrogens with zero attached hydrogens (tertiary/aromatic N) is 3. The smallest absolute Gasteiger partial charge is 0.870 e. The number of hydrogen-bond donors (Lipinski definition) is 7. The molecule has 24 nitrogen and oxygen atoms in total. The second kappa shape index (κ2) is 49.8. The number of benzene rings is 12. The van der Waals surface area contributed by atoms with Crippen LogP contribution in [0.15, 0.2) is 292 Å². The van der Waals surface area contributed by atoms with Gasteiger partial charge in [-0.1, -0.05) is 133 Å². The van der Waals surface area contributed by atoms with E-state index < -0.39 is 30.8 Å². The molecule has 0 aliphatic rings. The van der Waals surface area contributed by atoms with Gasteiger partial charge in [0.25, 0.3) is 11.9 Å². The van der Waals surface area contributed by atoms with E-state index in [4.69, 9.17) is 58.3 Å². The van der Waals surface area contributed by atoms with Crippen LogP contribution in [0.2, 0.25) is 0 Å². The summed E-state index contributed by atoms with van der Waals surface area (Å²) in [5.41, 5.74) is 14.1. The molecule has 129 heavy (non-hydrogen) atoms. The molecule has 0 amide bonds. The van der Waals surface area contributed by atoms with Crippen molar-refractivity contribution in [1.82, 2.24) is 13.7 Å². The number of halogens is 3. The second-order valence-electron chi connectivity index (χ2n) is 28.4. The molecule has 0 atom stereocenters. The Morgan fingerprint density at radius 1 is 0.357 bits per heavy atom. The van der Waals surface area contributed by atoms with Crippen molar-refractivity contribution in [2.24, 2.45) is 0 Å². The molecule has 0 saturated carbocycles. The zero-order chi connectivity index (χ0) is 90.5. The molecule has 663 valence electrons. The number of aromatic hydroxyl groups is 2. The van der Waals surface area contributed by atoms with Crippen molar-refractivity contribution in [3.05, 3.63) is 342 Å². The van der Waals surface area contributed by atoms with Crippen LogP contribution in [0.5, 0.6) is 46.0 Å². The van der Waals surface area contributed by atoms with Gasteiger partial charge in [-0.25, -0.2) is 13.2 Å². The summed E-state index contributed by atoms with van der Waals surface area (Å²) in [4.78, 5) is 76.7. The molecule has 0 fully saturated rings. The molecule has 15 aromatic rings. The predicted octanol–water partition coefficient (Wildman–Crippen LogP) is 15.5. The van der Waals surface area contributed by atoms with Gasteiger partial charge in [-0.2, -0.15) is 0 Å². The third-order valence-electron chi connectivity index (χ3n) is 18.6. The van der Waals surface area contributed by atoms with E-state index in [-0.39, 0.29) is 124 Å². The number of esters is 4. The molecule has 0 unspecified atom stereocenters. The molecule has 0 spiro atoms. The molecule has 0 aliphatic heterocycles. The number of rotatable bonds is 24. The number of carboxylic acid groups (broad SMARTS) is 3. The number of phenolic OH excluding ortho intramolecular Hbond substituents is 2. The number of carbonyl (C=O) groups is 7. The number of fused-ring (bicyclic) bond motifs is 3. The number of hydrogen-bond acceptors (Lipinski definition) is 18. The van der Waals surface area contributed by atoms with Crippen LogP contribution in [0.4, 0.5) is 13.2 Å². The van der Waals surface area contributed by atoms with Crippen LogP contribution in [0, 0.1) is 17.5 Å². The van der Waals surface area contributed by atoms with Crippen LogP contribution >= 0.6 is 0 Å². The van der Waals surface area contributed by atoms with E-state index in [1.54, 1.807) is 80.6 Å². The molecule has 1 radical (unpaired) electrons. The maximum atomic E-state index is 13.5.